The van der Waals surface area contributed by atoms with Gasteiger partial charge < -0.3 is 4.74 Å². The highest BCUT2D eigenvalue weighted by Gasteiger charge is 2.39. The first-order valence-corrected chi connectivity index (χ1v) is 5.54. The summed E-state index contributed by atoms with van der Waals surface area (Å²) in [5, 5.41) is 10.9. The number of benzene rings is 1. The van der Waals surface area contributed by atoms with E-state index in [-0.39, 0.29) is 5.70 Å². The predicted molar refractivity (Wildman–Crippen MR) is 63.8 cm³/mol. The second-order valence-electron chi connectivity index (χ2n) is 4.08. The minimum absolute atomic E-state index is 0.0677. The van der Waals surface area contributed by atoms with E-state index in [1.807, 2.05) is 6.07 Å². The number of nitrogens with zero attached hydrogens (tertiary/aromatic N) is 1. The van der Waals surface area contributed by atoms with Gasteiger partial charge in [-0.1, -0.05) is 15.9 Å². The Morgan fingerprint density at radius 3 is 2.75 bits per heavy atom. The monoisotopic (exact) mass is 283 g/mol. The van der Waals surface area contributed by atoms with Crippen molar-refractivity contribution >= 4 is 22.0 Å². The van der Waals surface area contributed by atoms with Crippen LogP contribution in [0.5, 0.6) is 5.75 Å². The van der Waals surface area contributed by atoms with Crippen molar-refractivity contribution in [1.82, 2.24) is 0 Å². The Kier molecular flexibility index (Phi) is 2.50. The molecule has 1 aromatic rings. The fraction of sp³-hybridized carbons (Fsp3) is 0.273. The molecule has 1 aliphatic heterocycles. The van der Waals surface area contributed by atoms with E-state index in [2.05, 4.69) is 15.9 Å². The molecular weight excluding hydrogens is 274 g/mol. The van der Waals surface area contributed by atoms with E-state index in [0.717, 1.165) is 10.0 Å². The Labute approximate surface area is 101 Å². The molecule has 0 amide bonds. The number of fused-ring (bicyclic) bond motifs is 1. The van der Waals surface area contributed by atoms with Gasteiger partial charge >= 0.3 is 0 Å². The fourth-order valence-electron chi connectivity index (χ4n) is 1.65. The van der Waals surface area contributed by atoms with Crippen molar-refractivity contribution in [2.24, 2.45) is 0 Å². The highest BCUT2D eigenvalue weighted by molar-refractivity contribution is 9.10. The van der Waals surface area contributed by atoms with Crippen molar-refractivity contribution in [3.05, 3.63) is 44.0 Å². The summed E-state index contributed by atoms with van der Waals surface area (Å²) < 4.78 is 6.49. The van der Waals surface area contributed by atoms with Crippen LogP contribution in [0.15, 0.2) is 28.4 Å². The van der Waals surface area contributed by atoms with Crippen LogP contribution in [0.25, 0.3) is 6.08 Å². The highest BCUT2D eigenvalue weighted by Crippen LogP contribution is 2.36. The summed E-state index contributed by atoms with van der Waals surface area (Å²) >= 11 is 3.32. The molecule has 0 atom stereocenters. The second kappa shape index (κ2) is 3.59. The summed E-state index contributed by atoms with van der Waals surface area (Å²) in [6, 6.07) is 5.45. The Balaban J connectivity index is 2.58. The van der Waals surface area contributed by atoms with Gasteiger partial charge in [0, 0.05) is 16.1 Å². The van der Waals surface area contributed by atoms with Gasteiger partial charge in [-0.05, 0) is 32.0 Å². The minimum Gasteiger partial charge on any atom is -0.476 e. The maximum Gasteiger partial charge on any atom is 0.289 e. The molecule has 1 heterocycles. The second-order valence-corrected chi connectivity index (χ2v) is 5.00. The first-order valence-electron chi connectivity index (χ1n) is 4.75. The molecule has 0 bridgehead atoms. The molecule has 16 heavy (non-hydrogen) atoms. The molecule has 0 spiro atoms. The molecule has 1 aliphatic rings. The molecule has 0 fully saturated rings. The molecule has 4 nitrogen and oxygen atoms in total. The zero-order chi connectivity index (χ0) is 11.9. The van der Waals surface area contributed by atoms with Gasteiger partial charge in [0.15, 0.2) is 5.60 Å². The van der Waals surface area contributed by atoms with Gasteiger partial charge in [-0.3, -0.25) is 10.1 Å². The normalized spacial score (nSPS) is 17.1. The summed E-state index contributed by atoms with van der Waals surface area (Å²) in [4.78, 5) is 10.5. The molecular formula is C11H10BrNO3. The highest BCUT2D eigenvalue weighted by atomic mass is 79.9. The molecule has 5 heteroatoms. The van der Waals surface area contributed by atoms with E-state index in [1.54, 1.807) is 32.1 Å². The summed E-state index contributed by atoms with van der Waals surface area (Å²) in [6.07, 6.45) is 1.56. The molecule has 0 unspecified atom stereocenters. The maximum atomic E-state index is 10.9. The lowest BCUT2D eigenvalue weighted by atomic mass is 9.98. The number of halogens is 1. The first-order chi connectivity index (χ1) is 7.40. The van der Waals surface area contributed by atoms with Gasteiger partial charge in [0.05, 0.1) is 4.92 Å². The predicted octanol–water partition coefficient (Wildman–Crippen LogP) is 3.24. The summed E-state index contributed by atoms with van der Waals surface area (Å²) in [6.45, 7) is 3.37. The number of hydrogen-bond acceptors (Lipinski definition) is 3. The van der Waals surface area contributed by atoms with Gasteiger partial charge in [-0.15, -0.1) is 0 Å². The molecule has 0 radical (unpaired) electrons. The lowest BCUT2D eigenvalue weighted by Gasteiger charge is -2.28. The van der Waals surface area contributed by atoms with Crippen molar-refractivity contribution < 1.29 is 9.66 Å². The average Bonchev–Trinajstić information content (AvgIpc) is 2.16. The van der Waals surface area contributed by atoms with E-state index in [4.69, 9.17) is 4.74 Å². The van der Waals surface area contributed by atoms with E-state index in [0.29, 0.717) is 5.75 Å². The Bertz CT molecular complexity index is 494. The van der Waals surface area contributed by atoms with E-state index in [9.17, 15) is 10.1 Å². The van der Waals surface area contributed by atoms with Crippen LogP contribution in [0, 0.1) is 10.1 Å². The summed E-state index contributed by atoms with van der Waals surface area (Å²) in [5.41, 5.74) is -0.108. The van der Waals surface area contributed by atoms with Crippen LogP contribution in [-0.2, 0) is 0 Å². The smallest absolute Gasteiger partial charge is 0.289 e. The standard InChI is InChI=1S/C11H10BrNO3/c1-11(2)10(13(14)15)6-7-5-8(12)3-4-9(7)16-11/h3-6H,1-2H3. The van der Waals surface area contributed by atoms with Gasteiger partial charge in [0.2, 0.25) is 0 Å². The molecule has 1 aromatic carbocycles. The maximum absolute atomic E-state index is 10.9. The third-order valence-corrected chi connectivity index (χ3v) is 2.94. The van der Waals surface area contributed by atoms with Crippen molar-refractivity contribution in [3.8, 4) is 5.75 Å². The quantitative estimate of drug-likeness (QED) is 0.587. The molecule has 84 valence electrons. The third-order valence-electron chi connectivity index (χ3n) is 2.44. The van der Waals surface area contributed by atoms with Crippen molar-refractivity contribution in [1.29, 1.82) is 0 Å². The first kappa shape index (κ1) is 11.1. The molecule has 0 saturated heterocycles. The van der Waals surface area contributed by atoms with Crippen LogP contribution < -0.4 is 4.74 Å². The van der Waals surface area contributed by atoms with E-state index < -0.39 is 10.5 Å². The minimum atomic E-state index is -0.898. The average molecular weight is 284 g/mol. The van der Waals surface area contributed by atoms with Gasteiger partial charge in [0.25, 0.3) is 5.70 Å². The van der Waals surface area contributed by atoms with E-state index >= 15 is 0 Å². The Hall–Kier alpha value is -1.36. The van der Waals surface area contributed by atoms with Crippen LogP contribution in [0.3, 0.4) is 0 Å². The zero-order valence-electron chi connectivity index (χ0n) is 8.86. The summed E-state index contributed by atoms with van der Waals surface area (Å²) in [7, 11) is 0. The van der Waals surface area contributed by atoms with Gasteiger partial charge in [-0.2, -0.15) is 0 Å². The molecule has 2 rings (SSSR count). The van der Waals surface area contributed by atoms with E-state index in [1.165, 1.54) is 0 Å². The number of hydrogen-bond donors (Lipinski definition) is 0. The number of ether oxygens (including phenoxy) is 1. The Morgan fingerprint density at radius 2 is 2.12 bits per heavy atom. The third kappa shape index (κ3) is 1.82. The largest absolute Gasteiger partial charge is 0.476 e. The fourth-order valence-corrected chi connectivity index (χ4v) is 2.02. The van der Waals surface area contributed by atoms with Crippen LogP contribution >= 0.6 is 15.9 Å². The number of nitro groups is 1. The van der Waals surface area contributed by atoms with Crippen LogP contribution in [0.4, 0.5) is 0 Å². The Morgan fingerprint density at radius 1 is 1.44 bits per heavy atom. The SMILES string of the molecule is CC1(C)Oc2ccc(Br)cc2C=C1[N+](=O)[O-]. The topological polar surface area (TPSA) is 52.4 Å². The number of rotatable bonds is 1. The molecule has 0 aliphatic carbocycles. The van der Waals surface area contributed by atoms with Crippen molar-refractivity contribution in [3.63, 3.8) is 0 Å². The van der Waals surface area contributed by atoms with Crippen molar-refractivity contribution in [2.45, 2.75) is 19.4 Å². The summed E-state index contributed by atoms with van der Waals surface area (Å²) in [5.74, 6) is 0.666. The zero-order valence-corrected chi connectivity index (χ0v) is 10.4. The van der Waals surface area contributed by atoms with Gasteiger partial charge in [-0.25, -0.2) is 0 Å². The van der Waals surface area contributed by atoms with Crippen LogP contribution in [0.2, 0.25) is 0 Å². The van der Waals surface area contributed by atoms with Crippen LogP contribution in [0.1, 0.15) is 19.4 Å². The molecule has 0 aromatic heterocycles. The molecule has 0 saturated carbocycles. The van der Waals surface area contributed by atoms with Crippen LogP contribution in [-0.4, -0.2) is 10.5 Å². The van der Waals surface area contributed by atoms with Gasteiger partial charge in [0.1, 0.15) is 5.75 Å². The molecule has 0 N–H and O–H groups in total. The van der Waals surface area contributed by atoms with Crippen molar-refractivity contribution in [2.75, 3.05) is 0 Å². The lowest BCUT2D eigenvalue weighted by molar-refractivity contribution is -0.439. The lowest BCUT2D eigenvalue weighted by Crippen LogP contribution is -2.36.